The first-order valence-electron chi connectivity index (χ1n) is 11.6. The number of carbonyl (C=O) groups is 1. The number of hydrazine groups is 1. The van der Waals surface area contributed by atoms with Crippen LogP contribution in [0, 0.1) is 28.9 Å². The Morgan fingerprint density at radius 3 is 2.03 bits per heavy atom. The predicted molar refractivity (Wildman–Crippen MR) is 139 cm³/mol. The molecule has 36 heavy (non-hydrogen) atoms. The molecule has 7 nitrogen and oxygen atoms in total. The van der Waals surface area contributed by atoms with E-state index in [1.165, 1.54) is 49.9 Å². The highest BCUT2D eigenvalue weighted by Gasteiger charge is 2.24. The van der Waals surface area contributed by atoms with Gasteiger partial charge in [0.1, 0.15) is 23.2 Å². The van der Waals surface area contributed by atoms with Gasteiger partial charge in [0.15, 0.2) is 0 Å². The molecular formula is C26H31ClF2N6O. The highest BCUT2D eigenvalue weighted by molar-refractivity contribution is 5.85. The van der Waals surface area contributed by atoms with Gasteiger partial charge in [0.25, 0.3) is 0 Å². The Hall–Kier alpha value is -3.48. The average Bonchev–Trinajstić information content (AvgIpc) is 3.14. The van der Waals surface area contributed by atoms with E-state index in [0.29, 0.717) is 17.4 Å². The molecular weight excluding hydrogens is 486 g/mol. The number of halogens is 3. The van der Waals surface area contributed by atoms with E-state index in [1.807, 2.05) is 12.1 Å². The molecule has 5 rings (SSSR count). The second kappa shape index (κ2) is 14.2. The standard InChI is InChI=1S/C13H14FN3.C7H9NO.C6H7FN2.ClH/c14-10-4-6-11(7-5-10)17-13(15)8-12(16-17)9-2-1-3-9;8-5-4-7(9)6-2-1-3-6;7-5-1-3-6(9-8)4-2-5;/h4-9H,1-3,15H2;6H,1-4H2;1-4,9H,8H2;1H. The van der Waals surface area contributed by atoms with Crippen molar-refractivity contribution in [2.24, 2.45) is 11.8 Å². The monoisotopic (exact) mass is 516 g/mol. The maximum Gasteiger partial charge on any atom is 0.149 e. The van der Waals surface area contributed by atoms with E-state index in [9.17, 15) is 13.6 Å². The molecule has 10 heteroatoms. The molecule has 0 bridgehead atoms. The zero-order valence-electron chi connectivity index (χ0n) is 19.9. The number of nitrogen functional groups attached to an aromatic ring is 2. The number of Topliss-reactive ketones (excluding diaryl/α,β-unsaturated/α-hetero) is 1. The van der Waals surface area contributed by atoms with Gasteiger partial charge < -0.3 is 11.2 Å². The number of anilines is 2. The van der Waals surface area contributed by atoms with Crippen molar-refractivity contribution >= 4 is 29.7 Å². The third-order valence-corrected chi connectivity index (χ3v) is 6.18. The maximum absolute atomic E-state index is 12.8. The molecule has 0 radical (unpaired) electrons. The van der Waals surface area contributed by atoms with E-state index < -0.39 is 0 Å². The van der Waals surface area contributed by atoms with Gasteiger partial charge in [-0.3, -0.25) is 10.6 Å². The molecule has 2 fully saturated rings. The number of nitriles is 1. The van der Waals surface area contributed by atoms with E-state index >= 15 is 0 Å². The Morgan fingerprint density at radius 1 is 1.03 bits per heavy atom. The SMILES string of the molecule is Cl.N#CCC(=O)C1CCC1.NNc1ccc(F)cc1.Nc1cc(C2CCC2)nn1-c1ccc(F)cc1. The summed E-state index contributed by atoms with van der Waals surface area (Å²) in [5.74, 6) is 6.07. The molecule has 5 N–H and O–H groups in total. The van der Waals surface area contributed by atoms with Crippen LogP contribution in [0.2, 0.25) is 0 Å². The molecule has 0 aliphatic heterocycles. The Kier molecular flexibility index (Phi) is 11.3. The first-order valence-corrected chi connectivity index (χ1v) is 11.6. The van der Waals surface area contributed by atoms with Crippen molar-refractivity contribution < 1.29 is 13.6 Å². The van der Waals surface area contributed by atoms with Crippen LogP contribution in [-0.2, 0) is 4.79 Å². The lowest BCUT2D eigenvalue weighted by atomic mass is 9.81. The number of carbonyl (C=O) groups excluding carboxylic acids is 1. The van der Waals surface area contributed by atoms with Gasteiger partial charge in [-0.15, -0.1) is 12.4 Å². The van der Waals surface area contributed by atoms with Gasteiger partial charge in [0, 0.05) is 23.6 Å². The van der Waals surface area contributed by atoms with Gasteiger partial charge in [-0.25, -0.2) is 13.5 Å². The van der Waals surface area contributed by atoms with Gasteiger partial charge >= 0.3 is 0 Å². The van der Waals surface area contributed by atoms with Crippen LogP contribution < -0.4 is 17.0 Å². The normalized spacial score (nSPS) is 14.3. The van der Waals surface area contributed by atoms with E-state index in [2.05, 4.69) is 10.5 Å². The van der Waals surface area contributed by atoms with Crippen LogP contribution in [0.4, 0.5) is 20.3 Å². The first kappa shape index (κ1) is 28.8. The summed E-state index contributed by atoms with van der Waals surface area (Å²) in [6.07, 6.45) is 6.97. The quantitative estimate of drug-likeness (QED) is 0.297. The largest absolute Gasteiger partial charge is 0.384 e. The summed E-state index contributed by atoms with van der Waals surface area (Å²) in [4.78, 5) is 10.8. The van der Waals surface area contributed by atoms with E-state index in [-0.39, 0.29) is 42.2 Å². The summed E-state index contributed by atoms with van der Waals surface area (Å²) in [5, 5.41) is 12.6. The van der Waals surface area contributed by atoms with Crippen LogP contribution in [0.5, 0.6) is 0 Å². The molecule has 1 aromatic heterocycles. The molecule has 3 aromatic rings. The number of hydrogen-bond donors (Lipinski definition) is 3. The zero-order chi connectivity index (χ0) is 25.2. The topological polar surface area (TPSA) is 123 Å². The molecule has 192 valence electrons. The summed E-state index contributed by atoms with van der Waals surface area (Å²) in [6.45, 7) is 0. The number of ketones is 1. The Bertz CT molecular complexity index is 1140. The van der Waals surface area contributed by atoms with E-state index in [1.54, 1.807) is 28.9 Å². The summed E-state index contributed by atoms with van der Waals surface area (Å²) < 4.78 is 26.7. The minimum Gasteiger partial charge on any atom is -0.384 e. The molecule has 2 aliphatic rings. The second-order valence-corrected chi connectivity index (χ2v) is 8.59. The molecule has 2 aliphatic carbocycles. The molecule has 1 heterocycles. The Balaban J connectivity index is 0.000000206. The average molecular weight is 517 g/mol. The summed E-state index contributed by atoms with van der Waals surface area (Å²) in [5.41, 5.74) is 10.9. The van der Waals surface area contributed by atoms with Crippen molar-refractivity contribution in [3.63, 3.8) is 0 Å². The fourth-order valence-corrected chi connectivity index (χ4v) is 3.61. The van der Waals surface area contributed by atoms with Crippen LogP contribution in [0.3, 0.4) is 0 Å². The first-order chi connectivity index (χ1) is 16.9. The summed E-state index contributed by atoms with van der Waals surface area (Å²) in [7, 11) is 0. The molecule has 0 saturated heterocycles. The number of nitrogens with zero attached hydrogens (tertiary/aromatic N) is 3. The van der Waals surface area contributed by atoms with Crippen LogP contribution in [0.1, 0.15) is 56.6 Å². The Labute approximate surface area is 215 Å². The van der Waals surface area contributed by atoms with Crippen molar-refractivity contribution in [2.45, 2.75) is 50.9 Å². The fourth-order valence-electron chi connectivity index (χ4n) is 3.61. The third kappa shape index (κ3) is 8.04. The number of rotatable bonds is 5. The number of nitrogens with one attached hydrogen (secondary N) is 1. The van der Waals surface area contributed by atoms with E-state index in [0.717, 1.165) is 24.2 Å². The van der Waals surface area contributed by atoms with Crippen molar-refractivity contribution in [1.29, 1.82) is 5.26 Å². The van der Waals surface area contributed by atoms with Crippen LogP contribution >= 0.6 is 12.4 Å². The number of hydrogen-bond acceptors (Lipinski definition) is 6. The lowest BCUT2D eigenvalue weighted by Gasteiger charge is -2.22. The van der Waals surface area contributed by atoms with E-state index in [4.69, 9.17) is 16.8 Å². The summed E-state index contributed by atoms with van der Waals surface area (Å²) in [6, 6.07) is 15.8. The zero-order valence-corrected chi connectivity index (χ0v) is 20.7. The maximum atomic E-state index is 12.8. The third-order valence-electron chi connectivity index (χ3n) is 6.18. The van der Waals surface area contributed by atoms with Crippen molar-refractivity contribution in [1.82, 2.24) is 9.78 Å². The minimum atomic E-state index is -0.256. The van der Waals surface area contributed by atoms with Gasteiger partial charge in [-0.2, -0.15) is 10.4 Å². The predicted octanol–water partition coefficient (Wildman–Crippen LogP) is 5.66. The van der Waals surface area contributed by atoms with Crippen LogP contribution in [0.25, 0.3) is 5.69 Å². The van der Waals surface area contributed by atoms with Gasteiger partial charge in [0.05, 0.1) is 23.9 Å². The summed E-state index contributed by atoms with van der Waals surface area (Å²) >= 11 is 0. The lowest BCUT2D eigenvalue weighted by Crippen LogP contribution is -2.20. The molecule has 2 saturated carbocycles. The number of aromatic nitrogens is 2. The number of nitrogens with two attached hydrogens (primary N) is 2. The number of benzene rings is 2. The van der Waals surface area contributed by atoms with Gasteiger partial charge in [-0.05, 0) is 74.2 Å². The van der Waals surface area contributed by atoms with Crippen LogP contribution in [0.15, 0.2) is 54.6 Å². The molecule has 2 aromatic carbocycles. The smallest absolute Gasteiger partial charge is 0.149 e. The van der Waals surface area contributed by atoms with Gasteiger partial charge in [-0.1, -0.05) is 12.8 Å². The molecule has 0 amide bonds. The molecule has 0 spiro atoms. The molecule has 0 unspecified atom stereocenters. The van der Waals surface area contributed by atoms with Crippen LogP contribution in [-0.4, -0.2) is 15.6 Å². The lowest BCUT2D eigenvalue weighted by molar-refractivity contribution is -0.124. The minimum absolute atomic E-state index is 0. The van der Waals surface area contributed by atoms with Crippen molar-refractivity contribution in [3.8, 4) is 11.8 Å². The van der Waals surface area contributed by atoms with Gasteiger partial charge in [0.2, 0.25) is 0 Å². The molecule has 0 atom stereocenters. The second-order valence-electron chi connectivity index (χ2n) is 8.59. The van der Waals surface area contributed by atoms with Crippen molar-refractivity contribution in [2.75, 3.05) is 11.2 Å². The highest BCUT2D eigenvalue weighted by Crippen LogP contribution is 2.36. The fraction of sp³-hybridized carbons (Fsp3) is 0.346. The van der Waals surface area contributed by atoms with Crippen molar-refractivity contribution in [3.05, 3.63) is 71.9 Å². The Morgan fingerprint density at radius 2 is 1.58 bits per heavy atom. The highest BCUT2D eigenvalue weighted by atomic mass is 35.5.